The Labute approximate surface area is 148 Å². The number of hydrogen-bond acceptors (Lipinski definition) is 4. The minimum absolute atomic E-state index is 0.372. The molecule has 1 aliphatic rings. The molecule has 0 saturated heterocycles. The summed E-state index contributed by atoms with van der Waals surface area (Å²) >= 11 is 3.39. The van der Waals surface area contributed by atoms with Gasteiger partial charge in [0.2, 0.25) is 0 Å². The first-order valence-electron chi connectivity index (χ1n) is 7.24. The van der Waals surface area contributed by atoms with Crippen LogP contribution in [0, 0.1) is 0 Å². The van der Waals surface area contributed by atoms with Crippen molar-refractivity contribution in [3.05, 3.63) is 69.7 Å². The lowest BCUT2D eigenvalue weighted by Gasteiger charge is -2.09. The first-order valence-corrected chi connectivity index (χ1v) is 8.03. The summed E-state index contributed by atoms with van der Waals surface area (Å²) < 4.78 is 16.9. The highest BCUT2D eigenvalue weighted by molar-refractivity contribution is 9.10. The van der Waals surface area contributed by atoms with Gasteiger partial charge in [0.15, 0.2) is 11.5 Å². The molecule has 0 spiro atoms. The molecule has 1 aliphatic heterocycles. The van der Waals surface area contributed by atoms with Crippen LogP contribution in [-0.2, 0) is 9.53 Å². The first-order chi connectivity index (χ1) is 11.6. The van der Waals surface area contributed by atoms with E-state index in [-0.39, 0.29) is 5.97 Å². The van der Waals surface area contributed by atoms with Crippen LogP contribution in [0.4, 0.5) is 0 Å². The quantitative estimate of drug-likeness (QED) is 0.575. The van der Waals surface area contributed by atoms with Crippen molar-refractivity contribution in [3.8, 4) is 11.5 Å². The molecule has 0 N–H and O–H groups in total. The van der Waals surface area contributed by atoms with Crippen LogP contribution in [0.5, 0.6) is 11.5 Å². The summed E-state index contributed by atoms with van der Waals surface area (Å²) in [7, 11) is 3.14. The summed E-state index contributed by atoms with van der Waals surface area (Å²) in [6, 6.07) is 13.1. The number of carbonyl (C=O) groups excluding carboxylic acids is 1. The Hall–Kier alpha value is -2.53. The molecular weight excluding hydrogens is 372 g/mol. The van der Waals surface area contributed by atoms with E-state index in [4.69, 9.17) is 14.2 Å². The maximum Gasteiger partial charge on any atom is 0.343 e. The van der Waals surface area contributed by atoms with E-state index in [0.717, 1.165) is 15.6 Å². The lowest BCUT2D eigenvalue weighted by molar-refractivity contribution is -0.130. The highest BCUT2D eigenvalue weighted by Gasteiger charge is 2.22. The Morgan fingerprint density at radius 3 is 2.38 bits per heavy atom. The second kappa shape index (κ2) is 6.93. The molecule has 4 nitrogen and oxygen atoms in total. The fraction of sp³-hybridized carbons (Fsp3) is 0.105. The number of halogens is 1. The molecule has 3 rings (SSSR count). The third-order valence-electron chi connectivity index (χ3n) is 3.59. The third-order valence-corrected chi connectivity index (χ3v) is 4.11. The molecule has 122 valence electrons. The number of carbonyl (C=O) groups is 1. The number of cyclic esters (lactones) is 1. The zero-order chi connectivity index (χ0) is 17.1. The second-order valence-electron chi connectivity index (χ2n) is 5.12. The van der Waals surface area contributed by atoms with Crippen LogP contribution in [0.15, 0.2) is 58.6 Å². The molecule has 1 heterocycles. The van der Waals surface area contributed by atoms with Gasteiger partial charge in [0.05, 0.1) is 19.8 Å². The van der Waals surface area contributed by atoms with Gasteiger partial charge in [0.1, 0.15) is 5.76 Å². The van der Waals surface area contributed by atoms with Crippen molar-refractivity contribution in [2.75, 3.05) is 14.2 Å². The predicted molar refractivity (Wildman–Crippen MR) is 95.7 cm³/mol. The van der Waals surface area contributed by atoms with Crippen LogP contribution < -0.4 is 9.47 Å². The van der Waals surface area contributed by atoms with Gasteiger partial charge >= 0.3 is 5.97 Å². The zero-order valence-electron chi connectivity index (χ0n) is 13.2. The van der Waals surface area contributed by atoms with Gasteiger partial charge < -0.3 is 14.2 Å². The van der Waals surface area contributed by atoms with Crippen LogP contribution in [0.1, 0.15) is 11.1 Å². The summed E-state index contributed by atoms with van der Waals surface area (Å²) in [6.07, 6.45) is 3.52. The zero-order valence-corrected chi connectivity index (χ0v) is 14.8. The summed E-state index contributed by atoms with van der Waals surface area (Å²) in [6.45, 7) is 0. The summed E-state index contributed by atoms with van der Waals surface area (Å²) in [5.74, 6) is 1.32. The maximum atomic E-state index is 12.1. The van der Waals surface area contributed by atoms with Crippen LogP contribution in [-0.4, -0.2) is 20.2 Å². The van der Waals surface area contributed by atoms with E-state index in [1.807, 2.05) is 30.3 Å². The smallest absolute Gasteiger partial charge is 0.343 e. The van der Waals surface area contributed by atoms with Gasteiger partial charge in [-0.3, -0.25) is 0 Å². The highest BCUT2D eigenvalue weighted by atomic mass is 79.9. The van der Waals surface area contributed by atoms with Gasteiger partial charge in [-0.15, -0.1) is 0 Å². The van der Waals surface area contributed by atoms with Gasteiger partial charge in [-0.05, 0) is 48.0 Å². The lowest BCUT2D eigenvalue weighted by Crippen LogP contribution is -1.97. The number of benzene rings is 2. The molecular formula is C19H15BrO4. The molecule has 24 heavy (non-hydrogen) atoms. The Balaban J connectivity index is 1.93. The average molecular weight is 387 g/mol. The number of methoxy groups -OCH3 is 2. The number of esters is 1. The van der Waals surface area contributed by atoms with Gasteiger partial charge in [0.25, 0.3) is 0 Å². The largest absolute Gasteiger partial charge is 0.493 e. The van der Waals surface area contributed by atoms with E-state index in [1.165, 1.54) is 0 Å². The van der Waals surface area contributed by atoms with Crippen molar-refractivity contribution in [3.63, 3.8) is 0 Å². The van der Waals surface area contributed by atoms with Gasteiger partial charge in [-0.25, -0.2) is 4.79 Å². The minimum Gasteiger partial charge on any atom is -0.493 e. The average Bonchev–Trinajstić information content (AvgIpc) is 2.97. The van der Waals surface area contributed by atoms with Gasteiger partial charge in [-0.2, -0.15) is 0 Å². The molecule has 0 aliphatic carbocycles. The van der Waals surface area contributed by atoms with E-state index in [0.29, 0.717) is 22.8 Å². The van der Waals surface area contributed by atoms with Crippen molar-refractivity contribution >= 4 is 33.7 Å². The van der Waals surface area contributed by atoms with Crippen molar-refractivity contribution in [1.82, 2.24) is 0 Å². The van der Waals surface area contributed by atoms with Crippen LogP contribution in [0.3, 0.4) is 0 Å². The molecule has 0 unspecified atom stereocenters. The predicted octanol–water partition coefficient (Wildman–Crippen LogP) is 4.45. The molecule has 0 aromatic heterocycles. The Kier molecular flexibility index (Phi) is 4.71. The van der Waals surface area contributed by atoms with Gasteiger partial charge in [-0.1, -0.05) is 28.1 Å². The molecule has 0 fully saturated rings. The van der Waals surface area contributed by atoms with E-state index in [1.54, 1.807) is 38.5 Å². The lowest BCUT2D eigenvalue weighted by atomic mass is 10.1. The van der Waals surface area contributed by atoms with E-state index in [9.17, 15) is 4.79 Å². The van der Waals surface area contributed by atoms with Crippen molar-refractivity contribution in [1.29, 1.82) is 0 Å². The Morgan fingerprint density at radius 2 is 1.71 bits per heavy atom. The summed E-state index contributed by atoms with van der Waals surface area (Å²) in [5.41, 5.74) is 2.18. The van der Waals surface area contributed by atoms with Crippen molar-refractivity contribution < 1.29 is 19.0 Å². The fourth-order valence-electron chi connectivity index (χ4n) is 2.36. The summed E-state index contributed by atoms with van der Waals surface area (Å²) in [5, 5.41) is 0. The SMILES string of the molecule is COc1ccc(C2=CC(=Cc3ccc(Br)cc3)C(=O)O2)cc1OC. The maximum absolute atomic E-state index is 12.1. The van der Waals surface area contributed by atoms with E-state index < -0.39 is 0 Å². The topological polar surface area (TPSA) is 44.8 Å². The summed E-state index contributed by atoms with van der Waals surface area (Å²) in [4.78, 5) is 12.1. The fourth-order valence-corrected chi connectivity index (χ4v) is 2.62. The van der Waals surface area contributed by atoms with E-state index >= 15 is 0 Å². The monoisotopic (exact) mass is 386 g/mol. The van der Waals surface area contributed by atoms with E-state index in [2.05, 4.69) is 15.9 Å². The Morgan fingerprint density at radius 1 is 1.00 bits per heavy atom. The molecule has 2 aromatic rings. The van der Waals surface area contributed by atoms with Crippen molar-refractivity contribution in [2.24, 2.45) is 0 Å². The Bertz CT molecular complexity index is 835. The molecule has 0 radical (unpaired) electrons. The number of rotatable bonds is 4. The first kappa shape index (κ1) is 16.3. The van der Waals surface area contributed by atoms with Crippen LogP contribution in [0.25, 0.3) is 11.8 Å². The van der Waals surface area contributed by atoms with Crippen LogP contribution in [0.2, 0.25) is 0 Å². The van der Waals surface area contributed by atoms with Crippen molar-refractivity contribution in [2.45, 2.75) is 0 Å². The standard InChI is InChI=1S/C19H15BrO4/c1-22-16-8-5-13(10-18(16)23-2)17-11-14(19(21)24-17)9-12-3-6-15(20)7-4-12/h3-11H,1-2H3. The van der Waals surface area contributed by atoms with Crippen LogP contribution >= 0.6 is 15.9 Å². The molecule has 0 atom stereocenters. The molecule has 0 saturated carbocycles. The molecule has 0 bridgehead atoms. The molecule has 0 amide bonds. The molecule has 5 heteroatoms. The number of ether oxygens (including phenoxy) is 3. The number of hydrogen-bond donors (Lipinski definition) is 0. The third kappa shape index (κ3) is 3.36. The normalized spacial score (nSPS) is 15.2. The second-order valence-corrected chi connectivity index (χ2v) is 6.03. The van der Waals surface area contributed by atoms with Gasteiger partial charge in [0, 0.05) is 10.0 Å². The minimum atomic E-state index is -0.372. The molecule has 2 aromatic carbocycles. The highest BCUT2D eigenvalue weighted by Crippen LogP contribution is 2.34.